The summed E-state index contributed by atoms with van der Waals surface area (Å²) in [6.07, 6.45) is 8.08. The average Bonchev–Trinajstić information content (AvgIpc) is 3.97. The molecule has 21 heteroatoms. The van der Waals surface area contributed by atoms with E-state index in [1.165, 1.54) is 45.8 Å². The highest BCUT2D eigenvalue weighted by molar-refractivity contribution is 8.00. The van der Waals surface area contributed by atoms with Gasteiger partial charge in [-0.25, -0.2) is 9.13 Å². The lowest BCUT2D eigenvalue weighted by Crippen LogP contribution is -2.28. The van der Waals surface area contributed by atoms with E-state index < -0.39 is 33.4 Å². The maximum atomic E-state index is 14.1. The van der Waals surface area contributed by atoms with Crippen molar-refractivity contribution >= 4 is 119 Å². The molecule has 362 valence electrons. The molecule has 2 aliphatic heterocycles. The summed E-state index contributed by atoms with van der Waals surface area (Å²) in [5, 5.41) is 1.84. The van der Waals surface area contributed by atoms with Gasteiger partial charge in [-0.3, -0.25) is 38.8 Å². The number of ketones is 2. The molecule has 0 saturated heterocycles. The summed E-state index contributed by atoms with van der Waals surface area (Å²) in [6.45, 7) is 0.659. The van der Waals surface area contributed by atoms with Crippen molar-refractivity contribution in [2.75, 3.05) is 60.7 Å². The third-order valence-corrected chi connectivity index (χ3v) is 14.8. The molecule has 3 aliphatic rings. The van der Waals surface area contributed by atoms with Gasteiger partial charge in [-0.15, -0.1) is 23.2 Å². The second-order valence-corrected chi connectivity index (χ2v) is 20.5. The van der Waals surface area contributed by atoms with Gasteiger partial charge in [-0.2, -0.15) is 11.8 Å². The molecule has 1 saturated carbocycles. The Morgan fingerprint density at radius 3 is 1.72 bits per heavy atom. The summed E-state index contributed by atoms with van der Waals surface area (Å²) in [5.41, 5.74) is 3.27. The van der Waals surface area contributed by atoms with Crippen molar-refractivity contribution in [1.29, 1.82) is 0 Å². The summed E-state index contributed by atoms with van der Waals surface area (Å²) in [7, 11) is -9.95. The van der Waals surface area contributed by atoms with E-state index >= 15 is 0 Å². The maximum Gasteiger partial charge on any atom is 0.524 e. The molecule has 1 aliphatic carbocycles. The molecule has 0 aromatic heterocycles. The van der Waals surface area contributed by atoms with E-state index in [4.69, 9.17) is 41.7 Å². The van der Waals surface area contributed by atoms with Gasteiger partial charge in [0.15, 0.2) is 5.78 Å². The molecule has 2 heterocycles. The van der Waals surface area contributed by atoms with Crippen molar-refractivity contribution in [2.45, 2.75) is 29.9 Å². The minimum absolute atomic E-state index is 0.0323. The molecule has 2 unspecified atom stereocenters. The van der Waals surface area contributed by atoms with E-state index in [0.717, 1.165) is 11.1 Å². The zero-order chi connectivity index (χ0) is 49.2. The number of benzene rings is 5. The van der Waals surface area contributed by atoms with Gasteiger partial charge >= 0.3 is 15.6 Å². The lowest BCUT2D eigenvalue weighted by Gasteiger charge is -2.18. The number of nitrogens with zero attached hydrogens (tertiary/aromatic N) is 2. The fourth-order valence-corrected chi connectivity index (χ4v) is 11.2. The highest BCUT2D eigenvalue weighted by Gasteiger charge is 2.40. The van der Waals surface area contributed by atoms with Crippen LogP contribution >= 0.6 is 50.6 Å². The fraction of sp³-hybridized carbons (Fsp3) is 0.292. The van der Waals surface area contributed by atoms with Crippen LogP contribution in [0.2, 0.25) is 0 Å². The second kappa shape index (κ2) is 21.1. The number of halogens is 2. The summed E-state index contributed by atoms with van der Waals surface area (Å²) >= 11 is 14.2. The second-order valence-electron chi connectivity index (χ2n) is 16.5. The zero-order valence-corrected chi connectivity index (χ0v) is 40.9. The first-order valence-electron chi connectivity index (χ1n) is 21.6. The van der Waals surface area contributed by atoms with Gasteiger partial charge in [0.2, 0.25) is 0 Å². The SMILES string of the molecule is CSC1CC(=O)C(CCOCCOc2cc(/C=C/C(=O)N3C[C@@H](CCl)c4c3cc(OP(=O)(O)O)c3ccccc43)ccc2/C=C/C(=O)N2C[C@@H](CCl)c3c2cc(OP(=O)(O)O)c2ccccc32)C1=O. The molecule has 5 aromatic carbocycles. The van der Waals surface area contributed by atoms with Crippen LogP contribution < -0.4 is 23.6 Å². The molecule has 16 nitrogen and oxygen atoms in total. The number of alkyl halides is 2. The highest BCUT2D eigenvalue weighted by Crippen LogP contribution is 2.51. The van der Waals surface area contributed by atoms with Gasteiger partial charge in [0.05, 0.1) is 29.1 Å². The molecule has 2 amide bonds. The lowest BCUT2D eigenvalue weighted by atomic mass is 9.95. The first kappa shape index (κ1) is 50.4. The molecular weight excluding hydrogens is 993 g/mol. The molecule has 4 N–H and O–H groups in total. The molecule has 4 atom stereocenters. The Hall–Kier alpha value is -5.03. The number of anilines is 2. The van der Waals surface area contributed by atoms with Gasteiger partial charge in [0, 0.05) is 90.3 Å². The molecule has 69 heavy (non-hydrogen) atoms. The number of phosphoric ester groups is 2. The first-order valence-corrected chi connectivity index (χ1v) is 27.1. The van der Waals surface area contributed by atoms with E-state index in [1.807, 2.05) is 0 Å². The number of hydrogen-bond acceptors (Lipinski definition) is 11. The van der Waals surface area contributed by atoms with Crippen LogP contribution in [-0.2, 0) is 33.0 Å². The average molecular weight is 1040 g/mol. The van der Waals surface area contributed by atoms with Crippen LogP contribution in [-0.4, -0.2) is 99.1 Å². The van der Waals surface area contributed by atoms with E-state index in [1.54, 1.807) is 85.1 Å². The van der Waals surface area contributed by atoms with Gasteiger partial charge in [0.25, 0.3) is 11.8 Å². The van der Waals surface area contributed by atoms with Crippen molar-refractivity contribution < 1.29 is 66.4 Å². The van der Waals surface area contributed by atoms with Crippen LogP contribution in [0.1, 0.15) is 46.9 Å². The van der Waals surface area contributed by atoms with Crippen molar-refractivity contribution in [3.8, 4) is 17.2 Å². The van der Waals surface area contributed by atoms with Crippen molar-refractivity contribution in [1.82, 2.24) is 0 Å². The molecule has 1 fully saturated rings. The monoisotopic (exact) mass is 1040 g/mol. The smallest absolute Gasteiger partial charge is 0.491 e. The number of phosphoric acid groups is 2. The van der Waals surface area contributed by atoms with Crippen LogP contribution in [0.5, 0.6) is 17.2 Å². The fourth-order valence-electron chi connectivity index (χ4n) is 9.15. The van der Waals surface area contributed by atoms with Crippen molar-refractivity contribution in [2.24, 2.45) is 5.92 Å². The number of Topliss-reactive ketones (excluding diaryl/α,β-unsaturated/α-hetero) is 2. The van der Waals surface area contributed by atoms with Gasteiger partial charge in [-0.05, 0) is 58.4 Å². The first-order chi connectivity index (χ1) is 33.0. The number of hydrogen-bond donors (Lipinski definition) is 4. The quantitative estimate of drug-likeness (QED) is 0.0213. The van der Waals surface area contributed by atoms with Crippen molar-refractivity contribution in [3.05, 3.63) is 113 Å². The number of carbonyl (C=O) groups is 4. The van der Waals surface area contributed by atoms with Crippen LogP contribution in [0.25, 0.3) is 33.7 Å². The van der Waals surface area contributed by atoms with Crippen LogP contribution in [0.3, 0.4) is 0 Å². The van der Waals surface area contributed by atoms with E-state index in [-0.39, 0.29) is 97.7 Å². The Labute approximate surface area is 410 Å². The van der Waals surface area contributed by atoms with Gasteiger partial charge in [0.1, 0.15) is 29.6 Å². The number of amides is 2. The third kappa shape index (κ3) is 11.1. The Morgan fingerprint density at radius 1 is 0.710 bits per heavy atom. The summed E-state index contributed by atoms with van der Waals surface area (Å²) in [6, 6.07) is 21.8. The molecule has 0 radical (unpaired) electrons. The topological polar surface area (TPSA) is 227 Å². The maximum absolute atomic E-state index is 14.1. The third-order valence-electron chi connectivity index (χ3n) is 12.2. The van der Waals surface area contributed by atoms with Gasteiger partial charge < -0.3 is 28.3 Å². The molecule has 5 aromatic rings. The Balaban J connectivity index is 1.05. The molecule has 0 spiro atoms. The molecular formula is C48H46Cl2N2O14P2S. The Kier molecular flexibility index (Phi) is 15.4. The van der Waals surface area contributed by atoms with Gasteiger partial charge in [-0.1, -0.05) is 60.7 Å². The summed E-state index contributed by atoms with van der Waals surface area (Å²) in [5.74, 6) is -1.93. The lowest BCUT2D eigenvalue weighted by molar-refractivity contribution is -0.128. The zero-order valence-electron chi connectivity index (χ0n) is 36.8. The van der Waals surface area contributed by atoms with E-state index in [9.17, 15) is 47.9 Å². The molecule has 8 rings (SSSR count). The number of fused-ring (bicyclic) bond motifs is 6. The molecule has 0 bridgehead atoms. The van der Waals surface area contributed by atoms with E-state index in [2.05, 4.69) is 0 Å². The van der Waals surface area contributed by atoms with Crippen molar-refractivity contribution in [3.63, 3.8) is 0 Å². The normalized spacial score (nSPS) is 19.3. The number of rotatable bonds is 18. The van der Waals surface area contributed by atoms with E-state index in [0.29, 0.717) is 49.8 Å². The van der Waals surface area contributed by atoms with Crippen LogP contribution in [0.15, 0.2) is 91.0 Å². The minimum Gasteiger partial charge on any atom is -0.491 e. The van der Waals surface area contributed by atoms with Crippen LogP contribution in [0.4, 0.5) is 11.4 Å². The standard InChI is InChI=1S/C48H46Cl2N2O14P2S/c1-69-43-23-39(53)36(48(43)56)16-17-63-18-19-64-40-20-28(11-14-44(54)51-26-30(24-49)46-34-8-4-2-6-32(34)41(21-37(46)51)65-67(57,58)59)10-12-29(40)13-15-45(55)52-27-31(25-50)47-35-9-5-3-7-33(35)42(22-38(47)52)66-68(60,61)62/h2-15,20-22,30-31,36,43H,16-19,23-27H2,1H3,(H2,57,58,59)(H2,60,61,62)/b14-11+,15-13+/t30-,31-,36?,43?/m1/s1. The number of thioether (sulfide) groups is 1. The minimum atomic E-state index is -4.98. The predicted molar refractivity (Wildman–Crippen MR) is 266 cm³/mol. The predicted octanol–water partition coefficient (Wildman–Crippen LogP) is 8.38. The van der Waals surface area contributed by atoms with Crippen LogP contribution in [0, 0.1) is 5.92 Å². The Bertz CT molecular complexity index is 3010. The number of ether oxygens (including phenoxy) is 2. The number of carbonyl (C=O) groups excluding carboxylic acids is 4. The highest BCUT2D eigenvalue weighted by atomic mass is 35.5. The summed E-state index contributed by atoms with van der Waals surface area (Å²) in [4.78, 5) is 94.8. The summed E-state index contributed by atoms with van der Waals surface area (Å²) < 4.78 is 46.0. The Morgan fingerprint density at radius 2 is 1.23 bits per heavy atom. The largest absolute Gasteiger partial charge is 0.524 e.